The van der Waals surface area contributed by atoms with Crippen LogP contribution in [0.2, 0.25) is 0 Å². The van der Waals surface area contributed by atoms with Gasteiger partial charge in [0.1, 0.15) is 0 Å². The molecule has 3 aromatic rings. The molecule has 1 atom stereocenters. The SMILES string of the molecule is Cc1ccc(NS(=O)(=O)c2ccc(C(=O)N(C)C(C)c3cccs3)cc2)cc1C. The van der Waals surface area contributed by atoms with Crippen molar-refractivity contribution in [2.24, 2.45) is 0 Å². The summed E-state index contributed by atoms with van der Waals surface area (Å²) in [4.78, 5) is 15.6. The third kappa shape index (κ3) is 4.68. The lowest BCUT2D eigenvalue weighted by Gasteiger charge is -2.24. The summed E-state index contributed by atoms with van der Waals surface area (Å²) in [5.74, 6) is -0.156. The molecule has 0 bridgehead atoms. The smallest absolute Gasteiger partial charge is 0.261 e. The predicted molar refractivity (Wildman–Crippen MR) is 118 cm³/mol. The van der Waals surface area contributed by atoms with Crippen LogP contribution in [0.1, 0.15) is 39.3 Å². The second-order valence-electron chi connectivity index (χ2n) is 7.04. The fourth-order valence-electron chi connectivity index (χ4n) is 2.90. The lowest BCUT2D eigenvalue weighted by molar-refractivity contribution is 0.0745. The molecule has 0 radical (unpaired) electrons. The van der Waals surface area contributed by atoms with E-state index in [9.17, 15) is 13.2 Å². The molecule has 1 N–H and O–H groups in total. The summed E-state index contributed by atoms with van der Waals surface area (Å²) in [5.41, 5.74) is 3.06. The normalized spacial score (nSPS) is 12.4. The molecule has 5 nitrogen and oxygen atoms in total. The van der Waals surface area contributed by atoms with Crippen molar-refractivity contribution in [1.82, 2.24) is 4.90 Å². The highest BCUT2D eigenvalue weighted by atomic mass is 32.2. The van der Waals surface area contributed by atoms with Crippen LogP contribution >= 0.6 is 11.3 Å². The van der Waals surface area contributed by atoms with Crippen LogP contribution in [0.4, 0.5) is 5.69 Å². The van der Waals surface area contributed by atoms with Gasteiger partial charge < -0.3 is 4.90 Å². The number of carbonyl (C=O) groups excluding carboxylic acids is 1. The minimum Gasteiger partial charge on any atom is -0.334 e. The van der Waals surface area contributed by atoms with Gasteiger partial charge in [0.15, 0.2) is 0 Å². The van der Waals surface area contributed by atoms with Crippen LogP contribution in [-0.2, 0) is 10.0 Å². The van der Waals surface area contributed by atoms with E-state index in [1.165, 1.54) is 12.1 Å². The molecule has 1 amide bonds. The van der Waals surface area contributed by atoms with Gasteiger partial charge in [0.05, 0.1) is 10.9 Å². The van der Waals surface area contributed by atoms with Crippen molar-refractivity contribution < 1.29 is 13.2 Å². The number of amides is 1. The van der Waals surface area contributed by atoms with Crippen molar-refractivity contribution in [3.05, 3.63) is 81.5 Å². The van der Waals surface area contributed by atoms with Gasteiger partial charge in [-0.1, -0.05) is 12.1 Å². The zero-order valence-electron chi connectivity index (χ0n) is 16.8. The van der Waals surface area contributed by atoms with Gasteiger partial charge in [-0.25, -0.2) is 8.42 Å². The number of sulfonamides is 1. The maximum atomic E-state index is 12.8. The summed E-state index contributed by atoms with van der Waals surface area (Å²) in [6, 6.07) is 15.3. The van der Waals surface area contributed by atoms with Crippen molar-refractivity contribution in [3.8, 4) is 0 Å². The molecule has 7 heteroatoms. The van der Waals surface area contributed by atoms with Gasteiger partial charge in [-0.3, -0.25) is 9.52 Å². The van der Waals surface area contributed by atoms with Gasteiger partial charge in [0, 0.05) is 23.2 Å². The summed E-state index contributed by atoms with van der Waals surface area (Å²) >= 11 is 1.60. The van der Waals surface area contributed by atoms with Crippen molar-refractivity contribution in [1.29, 1.82) is 0 Å². The molecule has 1 unspecified atom stereocenters. The molecule has 0 aliphatic carbocycles. The fraction of sp³-hybridized carbons (Fsp3) is 0.227. The standard InChI is InChI=1S/C22H24N2O3S2/c1-15-7-10-19(14-16(15)2)23-29(26,27)20-11-8-18(9-12-20)22(25)24(4)17(3)21-6-5-13-28-21/h5-14,17,23H,1-4H3. The van der Waals surface area contributed by atoms with E-state index in [-0.39, 0.29) is 16.8 Å². The molecule has 3 rings (SSSR count). The van der Waals surface area contributed by atoms with Crippen LogP contribution in [-0.4, -0.2) is 26.3 Å². The Hall–Kier alpha value is -2.64. The zero-order valence-corrected chi connectivity index (χ0v) is 18.5. The number of carbonyl (C=O) groups is 1. The first-order chi connectivity index (χ1) is 13.7. The number of anilines is 1. The first-order valence-electron chi connectivity index (χ1n) is 9.20. The molecule has 1 heterocycles. The summed E-state index contributed by atoms with van der Waals surface area (Å²) in [5, 5.41) is 1.98. The second kappa shape index (κ2) is 8.39. The number of benzene rings is 2. The maximum absolute atomic E-state index is 12.8. The molecule has 0 spiro atoms. The topological polar surface area (TPSA) is 66.5 Å². The summed E-state index contributed by atoms with van der Waals surface area (Å²) < 4.78 is 27.9. The number of rotatable bonds is 6. The number of nitrogens with one attached hydrogen (secondary N) is 1. The highest BCUT2D eigenvalue weighted by molar-refractivity contribution is 7.92. The number of hydrogen-bond donors (Lipinski definition) is 1. The zero-order chi connectivity index (χ0) is 21.2. The largest absolute Gasteiger partial charge is 0.334 e. The molecule has 0 saturated carbocycles. The maximum Gasteiger partial charge on any atom is 0.261 e. The van der Waals surface area contributed by atoms with Crippen LogP contribution < -0.4 is 4.72 Å². The van der Waals surface area contributed by atoms with Gasteiger partial charge >= 0.3 is 0 Å². The fourth-order valence-corrected chi connectivity index (χ4v) is 4.77. The Labute approximate surface area is 176 Å². The first kappa shape index (κ1) is 21.1. The van der Waals surface area contributed by atoms with Crippen LogP contribution in [0.3, 0.4) is 0 Å². The van der Waals surface area contributed by atoms with E-state index in [2.05, 4.69) is 4.72 Å². The molecular weight excluding hydrogens is 404 g/mol. The van der Waals surface area contributed by atoms with E-state index >= 15 is 0 Å². The van der Waals surface area contributed by atoms with E-state index in [1.807, 2.05) is 44.4 Å². The molecule has 0 saturated heterocycles. The third-order valence-corrected chi connectivity index (χ3v) is 7.47. The Bertz CT molecular complexity index is 1110. The van der Waals surface area contributed by atoms with Gasteiger partial charge in [0.25, 0.3) is 15.9 Å². The Morgan fingerprint density at radius 2 is 1.72 bits per heavy atom. The Balaban J connectivity index is 1.76. The molecule has 0 aliphatic rings. The lowest BCUT2D eigenvalue weighted by atomic mass is 10.1. The Morgan fingerprint density at radius 3 is 2.31 bits per heavy atom. The Kier molecular flexibility index (Phi) is 6.10. The average Bonchev–Trinajstić information content (AvgIpc) is 3.24. The molecule has 1 aromatic heterocycles. The van der Waals surface area contributed by atoms with E-state index in [0.717, 1.165) is 16.0 Å². The van der Waals surface area contributed by atoms with Gasteiger partial charge in [-0.2, -0.15) is 0 Å². The highest BCUT2D eigenvalue weighted by Gasteiger charge is 2.21. The van der Waals surface area contributed by atoms with Gasteiger partial charge in [-0.05, 0) is 79.7 Å². The predicted octanol–water partition coefficient (Wildman–Crippen LogP) is 5.00. The molecule has 0 fully saturated rings. The van der Waals surface area contributed by atoms with E-state index in [4.69, 9.17) is 0 Å². The number of thiophene rings is 1. The Morgan fingerprint density at radius 1 is 1.03 bits per heavy atom. The third-order valence-electron chi connectivity index (χ3n) is 5.03. The van der Waals surface area contributed by atoms with Crippen LogP contribution in [0.15, 0.2) is 64.9 Å². The van der Waals surface area contributed by atoms with E-state index in [0.29, 0.717) is 11.3 Å². The van der Waals surface area contributed by atoms with Crippen molar-refractivity contribution in [2.75, 3.05) is 11.8 Å². The highest BCUT2D eigenvalue weighted by Crippen LogP contribution is 2.25. The van der Waals surface area contributed by atoms with Crippen LogP contribution in [0, 0.1) is 13.8 Å². The van der Waals surface area contributed by atoms with Crippen LogP contribution in [0.25, 0.3) is 0 Å². The number of nitrogens with zero attached hydrogens (tertiary/aromatic N) is 1. The molecular formula is C22H24N2O3S2. The lowest BCUT2D eigenvalue weighted by Crippen LogP contribution is -2.29. The minimum atomic E-state index is -3.73. The quantitative estimate of drug-likeness (QED) is 0.601. The van der Waals surface area contributed by atoms with E-state index in [1.54, 1.807) is 47.5 Å². The summed E-state index contributed by atoms with van der Waals surface area (Å²) in [7, 11) is -1.98. The van der Waals surface area contributed by atoms with Crippen molar-refractivity contribution in [3.63, 3.8) is 0 Å². The van der Waals surface area contributed by atoms with E-state index < -0.39 is 10.0 Å². The van der Waals surface area contributed by atoms with Gasteiger partial charge in [-0.15, -0.1) is 11.3 Å². The first-order valence-corrected chi connectivity index (χ1v) is 11.6. The molecule has 2 aromatic carbocycles. The molecule has 29 heavy (non-hydrogen) atoms. The molecule has 0 aliphatic heterocycles. The number of aryl methyl sites for hydroxylation is 2. The minimum absolute atomic E-state index is 0.0580. The van der Waals surface area contributed by atoms with Gasteiger partial charge in [0.2, 0.25) is 0 Å². The second-order valence-corrected chi connectivity index (χ2v) is 9.70. The van der Waals surface area contributed by atoms with Crippen LogP contribution in [0.5, 0.6) is 0 Å². The number of hydrogen-bond acceptors (Lipinski definition) is 4. The monoisotopic (exact) mass is 428 g/mol. The van der Waals surface area contributed by atoms with Crippen molar-refractivity contribution >= 4 is 33.0 Å². The van der Waals surface area contributed by atoms with Crippen molar-refractivity contribution in [2.45, 2.75) is 31.7 Å². The summed E-state index contributed by atoms with van der Waals surface area (Å²) in [6.07, 6.45) is 0. The molecule has 152 valence electrons. The average molecular weight is 429 g/mol. The summed E-state index contributed by atoms with van der Waals surface area (Å²) in [6.45, 7) is 5.87.